The minimum atomic E-state index is -1.29. The molecule has 5 atom stereocenters. The summed E-state index contributed by atoms with van der Waals surface area (Å²) in [5.41, 5.74) is 3.35. The molecule has 11 nitrogen and oxygen atoms in total. The number of carbonyl (C=O) groups excluding carboxylic acids is 2. The Morgan fingerprint density at radius 2 is 1.68 bits per heavy atom. The van der Waals surface area contributed by atoms with E-state index in [9.17, 15) is 24.9 Å². The average Bonchev–Trinajstić information content (AvgIpc) is 3.04. The minimum Gasteiger partial charge on any atom is -0.387 e. The van der Waals surface area contributed by atoms with Crippen molar-refractivity contribution in [1.29, 1.82) is 0 Å². The van der Waals surface area contributed by atoms with E-state index in [-0.39, 0.29) is 24.8 Å². The van der Waals surface area contributed by atoms with Gasteiger partial charge in [0.05, 0.1) is 19.6 Å². The van der Waals surface area contributed by atoms with Crippen LogP contribution in [0.3, 0.4) is 0 Å². The third kappa shape index (κ3) is 10.5. The zero-order chi connectivity index (χ0) is 34.1. The second kappa shape index (κ2) is 17.2. The molecule has 2 amide bonds. The number of piperazine rings is 1. The van der Waals surface area contributed by atoms with Crippen LogP contribution in [0.1, 0.15) is 54.2 Å². The molecule has 2 saturated heterocycles. The van der Waals surface area contributed by atoms with Gasteiger partial charge in [-0.3, -0.25) is 14.5 Å². The maximum absolute atomic E-state index is 12.7. The number of nitrogens with zero attached hydrogens (tertiary/aromatic N) is 2. The minimum absolute atomic E-state index is 0.152. The molecule has 4 rings (SSSR count). The fourth-order valence-corrected chi connectivity index (χ4v) is 6.46. The number of amides is 2. The maximum atomic E-state index is 12.7. The van der Waals surface area contributed by atoms with Crippen LogP contribution in [0, 0.1) is 6.92 Å². The van der Waals surface area contributed by atoms with Crippen molar-refractivity contribution in [2.75, 3.05) is 59.2 Å². The van der Waals surface area contributed by atoms with Crippen molar-refractivity contribution in [3.8, 4) is 0 Å². The van der Waals surface area contributed by atoms with E-state index >= 15 is 0 Å². The van der Waals surface area contributed by atoms with Gasteiger partial charge >= 0.3 is 0 Å². The van der Waals surface area contributed by atoms with Crippen LogP contribution in [0.2, 0.25) is 0 Å². The summed E-state index contributed by atoms with van der Waals surface area (Å²) in [6.07, 6.45) is -1.81. The van der Waals surface area contributed by atoms with Crippen LogP contribution in [0.4, 0.5) is 0 Å². The molecule has 0 aromatic heterocycles. The van der Waals surface area contributed by atoms with Crippen LogP contribution in [-0.2, 0) is 32.1 Å². The van der Waals surface area contributed by atoms with Gasteiger partial charge in [0, 0.05) is 39.3 Å². The van der Waals surface area contributed by atoms with Crippen molar-refractivity contribution in [2.24, 2.45) is 0 Å². The van der Waals surface area contributed by atoms with E-state index in [4.69, 9.17) is 9.47 Å². The Balaban J connectivity index is 1.19. The Labute approximate surface area is 283 Å². The van der Waals surface area contributed by atoms with E-state index in [2.05, 4.69) is 27.5 Å². The summed E-state index contributed by atoms with van der Waals surface area (Å²) in [4.78, 5) is 29.9. The van der Waals surface area contributed by atoms with Gasteiger partial charge in [0.1, 0.15) is 35.4 Å². The highest BCUT2D eigenvalue weighted by atomic mass is 32.2. The molecule has 2 aromatic rings. The maximum Gasteiger partial charge on any atom is 0.245 e. The number of rotatable bonds is 14. The van der Waals surface area contributed by atoms with Crippen LogP contribution in [0.15, 0.2) is 42.5 Å². The Bertz CT molecular complexity index is 1320. The van der Waals surface area contributed by atoms with E-state index in [1.54, 1.807) is 20.1 Å². The molecule has 2 aliphatic heterocycles. The zero-order valence-electron chi connectivity index (χ0n) is 28.3. The Kier molecular flexibility index (Phi) is 13.6. The normalized spacial score (nSPS) is 24.2. The van der Waals surface area contributed by atoms with E-state index in [0.717, 1.165) is 60.5 Å². The van der Waals surface area contributed by atoms with Crippen molar-refractivity contribution >= 4 is 23.6 Å². The van der Waals surface area contributed by atoms with Gasteiger partial charge in [0.25, 0.3) is 0 Å². The zero-order valence-corrected chi connectivity index (χ0v) is 29.1. The smallest absolute Gasteiger partial charge is 0.245 e. The molecule has 2 aromatic carbocycles. The SMILES string of the molecule is CS[C@H]1O[C@@H](c2ccc(C)c(Cc3ccc(COCCC(=O)NC(C)(C)C(=O)NCCN4CCN(C)CC4)cc3)c2)[C@H](O)[C@@H](O)[C@@H]1O. The lowest BCUT2D eigenvalue weighted by Gasteiger charge is -2.40. The number of ether oxygens (including phenoxy) is 2. The largest absolute Gasteiger partial charge is 0.387 e. The molecular weight excluding hydrogens is 620 g/mol. The summed E-state index contributed by atoms with van der Waals surface area (Å²) in [5, 5.41) is 37.0. The van der Waals surface area contributed by atoms with E-state index in [0.29, 0.717) is 19.6 Å². The molecule has 0 bridgehead atoms. The van der Waals surface area contributed by atoms with E-state index in [1.807, 2.05) is 49.4 Å². The van der Waals surface area contributed by atoms with Crippen molar-refractivity contribution in [3.63, 3.8) is 0 Å². The number of likely N-dealkylation sites (N-methyl/N-ethyl adjacent to an activating group) is 1. The first-order valence-electron chi connectivity index (χ1n) is 16.4. The topological polar surface area (TPSA) is 144 Å². The summed E-state index contributed by atoms with van der Waals surface area (Å²) in [6, 6.07) is 13.9. The molecule has 0 radical (unpaired) electrons. The molecule has 47 heavy (non-hydrogen) atoms. The number of thioether (sulfide) groups is 1. The van der Waals surface area contributed by atoms with Crippen LogP contribution in [0.5, 0.6) is 0 Å². The third-order valence-corrected chi connectivity index (χ3v) is 9.85. The van der Waals surface area contributed by atoms with Gasteiger partial charge in [-0.05, 0) is 68.3 Å². The van der Waals surface area contributed by atoms with Gasteiger partial charge in [-0.25, -0.2) is 0 Å². The molecular formula is C35H52N4O7S. The van der Waals surface area contributed by atoms with Crippen LogP contribution < -0.4 is 10.6 Å². The predicted octanol–water partition coefficient (Wildman–Crippen LogP) is 1.59. The van der Waals surface area contributed by atoms with Crippen molar-refractivity contribution in [3.05, 3.63) is 70.3 Å². The summed E-state index contributed by atoms with van der Waals surface area (Å²) in [7, 11) is 2.11. The number of nitrogens with one attached hydrogen (secondary N) is 2. The number of benzene rings is 2. The lowest BCUT2D eigenvalue weighted by Crippen LogP contribution is -2.56. The van der Waals surface area contributed by atoms with Gasteiger partial charge in [-0.2, -0.15) is 0 Å². The summed E-state index contributed by atoms with van der Waals surface area (Å²) < 4.78 is 11.7. The number of carbonyl (C=O) groups is 2. The van der Waals surface area contributed by atoms with Crippen LogP contribution in [-0.4, -0.2) is 125 Å². The molecule has 12 heteroatoms. The molecule has 0 saturated carbocycles. The predicted molar refractivity (Wildman–Crippen MR) is 183 cm³/mol. The van der Waals surface area contributed by atoms with Crippen molar-refractivity contribution in [1.82, 2.24) is 20.4 Å². The first-order chi connectivity index (χ1) is 22.4. The molecule has 0 aliphatic carbocycles. The molecule has 2 aliphatic rings. The Morgan fingerprint density at radius 3 is 2.36 bits per heavy atom. The number of hydrogen-bond acceptors (Lipinski definition) is 10. The first kappa shape index (κ1) is 37.3. The lowest BCUT2D eigenvalue weighted by atomic mass is 9.91. The lowest BCUT2D eigenvalue weighted by molar-refractivity contribution is -0.200. The third-order valence-electron chi connectivity index (χ3n) is 8.99. The summed E-state index contributed by atoms with van der Waals surface area (Å²) in [5.74, 6) is -0.441. The van der Waals surface area contributed by atoms with Gasteiger partial charge in [-0.1, -0.05) is 42.5 Å². The van der Waals surface area contributed by atoms with Gasteiger partial charge < -0.3 is 40.3 Å². The van der Waals surface area contributed by atoms with Gasteiger partial charge in [0.15, 0.2) is 0 Å². The number of aliphatic hydroxyl groups excluding tert-OH is 3. The second-order valence-electron chi connectivity index (χ2n) is 13.2. The highest BCUT2D eigenvalue weighted by Crippen LogP contribution is 2.36. The highest BCUT2D eigenvalue weighted by molar-refractivity contribution is 7.99. The molecule has 260 valence electrons. The van der Waals surface area contributed by atoms with Crippen molar-refractivity contribution < 1.29 is 34.4 Å². The molecule has 0 unspecified atom stereocenters. The molecule has 5 N–H and O–H groups in total. The summed E-state index contributed by atoms with van der Waals surface area (Å²) in [6.45, 7) is 11.4. The molecule has 2 heterocycles. The van der Waals surface area contributed by atoms with Gasteiger partial charge in [-0.15, -0.1) is 11.8 Å². The number of hydrogen-bond donors (Lipinski definition) is 5. The number of aliphatic hydroxyl groups is 3. The first-order valence-corrected chi connectivity index (χ1v) is 17.6. The quantitative estimate of drug-likeness (QED) is 0.188. The Hall–Kier alpha value is -2.55. The monoisotopic (exact) mass is 672 g/mol. The van der Waals surface area contributed by atoms with Crippen molar-refractivity contribution in [2.45, 2.75) is 75.6 Å². The van der Waals surface area contributed by atoms with E-state index < -0.39 is 35.4 Å². The average molecular weight is 673 g/mol. The van der Waals surface area contributed by atoms with E-state index in [1.165, 1.54) is 11.8 Å². The number of aryl methyl sites for hydroxylation is 1. The molecule has 2 fully saturated rings. The second-order valence-corrected chi connectivity index (χ2v) is 14.1. The fourth-order valence-electron chi connectivity index (χ4n) is 5.79. The van der Waals surface area contributed by atoms with Crippen LogP contribution >= 0.6 is 11.8 Å². The summed E-state index contributed by atoms with van der Waals surface area (Å²) >= 11 is 1.30. The molecule has 0 spiro atoms. The van der Waals surface area contributed by atoms with Gasteiger partial charge in [0.2, 0.25) is 11.8 Å². The fraction of sp³-hybridized carbons (Fsp3) is 0.600. The standard InChI is InChI=1S/C35H52N4O7S/c1-23-6-11-26(32-30(42)29(41)31(43)33(46-32)47-5)21-27(23)20-24-7-9-25(10-8-24)22-45-19-12-28(40)37-35(2,3)34(44)36-13-14-39-17-15-38(4)16-18-39/h6-11,21,29-33,41-43H,12-20,22H2,1-5H3,(H,36,44)(H,37,40)/t29-,30-,31+,32+,33-/m1/s1. The Morgan fingerprint density at radius 1 is 1.00 bits per heavy atom. The van der Waals surface area contributed by atoms with Crippen LogP contribution in [0.25, 0.3) is 0 Å². The highest BCUT2D eigenvalue weighted by Gasteiger charge is 2.44.